The van der Waals surface area contributed by atoms with Gasteiger partial charge in [-0.25, -0.2) is 4.79 Å². The normalized spacial score (nSPS) is 22.9. The van der Waals surface area contributed by atoms with E-state index in [9.17, 15) is 9.59 Å². The van der Waals surface area contributed by atoms with Crippen molar-refractivity contribution in [1.82, 2.24) is 9.80 Å². The van der Waals surface area contributed by atoms with Crippen molar-refractivity contribution in [2.24, 2.45) is 11.3 Å². The standard InChI is InChI=1S/C31H45N3O4/c1-30(2,3)38-29(36)34-18-13-25(14-19-34)12-17-32-20-22-33(23-21-32)27-10-8-26(9-11-27)24-31(28(35)37-4)15-6-5-7-16-31/h5-11,15,25H,12-14,16-24H2,1-4H3. The quantitative estimate of drug-likeness (QED) is 0.466. The zero-order valence-corrected chi connectivity index (χ0v) is 23.7. The molecule has 7 heteroatoms. The molecule has 2 saturated heterocycles. The number of carbonyl (C=O) groups excluding carboxylic acids is 2. The summed E-state index contributed by atoms with van der Waals surface area (Å²) in [4.78, 5) is 31.7. The number of hydrogen-bond acceptors (Lipinski definition) is 6. The highest BCUT2D eigenvalue weighted by Gasteiger charge is 2.37. The van der Waals surface area contributed by atoms with Gasteiger partial charge >= 0.3 is 12.1 Å². The number of amides is 1. The lowest BCUT2D eigenvalue weighted by molar-refractivity contribution is -0.149. The number of anilines is 1. The molecule has 0 radical (unpaired) electrons. The third-order valence-electron chi connectivity index (χ3n) is 8.05. The van der Waals surface area contributed by atoms with Crippen LogP contribution in [0.5, 0.6) is 0 Å². The van der Waals surface area contributed by atoms with E-state index in [0.29, 0.717) is 18.8 Å². The first-order chi connectivity index (χ1) is 18.2. The molecule has 0 bridgehead atoms. The number of carbonyl (C=O) groups is 2. The Balaban J connectivity index is 1.19. The summed E-state index contributed by atoms with van der Waals surface area (Å²) in [6.45, 7) is 12.7. The van der Waals surface area contributed by atoms with Gasteiger partial charge in [-0.1, -0.05) is 36.4 Å². The number of hydrogen-bond donors (Lipinski definition) is 0. The molecular formula is C31H45N3O4. The van der Waals surface area contributed by atoms with Crippen LogP contribution in [0.2, 0.25) is 0 Å². The molecule has 2 fully saturated rings. The number of ether oxygens (including phenoxy) is 2. The topological polar surface area (TPSA) is 62.3 Å². The molecule has 7 nitrogen and oxygen atoms in total. The first kappa shape index (κ1) is 28.2. The molecule has 1 atom stereocenters. The van der Waals surface area contributed by atoms with Crippen molar-refractivity contribution in [3.8, 4) is 0 Å². The van der Waals surface area contributed by atoms with E-state index < -0.39 is 11.0 Å². The van der Waals surface area contributed by atoms with Crippen LogP contribution in [0.4, 0.5) is 10.5 Å². The Labute approximate surface area is 228 Å². The average Bonchev–Trinajstić information content (AvgIpc) is 2.92. The number of nitrogens with zero attached hydrogens (tertiary/aromatic N) is 3. The van der Waals surface area contributed by atoms with Gasteiger partial charge in [-0.2, -0.15) is 0 Å². The highest BCUT2D eigenvalue weighted by Crippen LogP contribution is 2.34. The molecule has 2 aliphatic heterocycles. The van der Waals surface area contributed by atoms with Gasteiger partial charge in [-0.3, -0.25) is 9.69 Å². The number of benzene rings is 1. The van der Waals surface area contributed by atoms with Crippen LogP contribution in [-0.2, 0) is 20.7 Å². The summed E-state index contributed by atoms with van der Waals surface area (Å²) in [5, 5.41) is 0. The van der Waals surface area contributed by atoms with Crippen molar-refractivity contribution in [3.05, 3.63) is 54.1 Å². The molecule has 2 heterocycles. The molecule has 38 heavy (non-hydrogen) atoms. The summed E-state index contributed by atoms with van der Waals surface area (Å²) in [6, 6.07) is 8.69. The Morgan fingerprint density at radius 1 is 0.974 bits per heavy atom. The second-order valence-electron chi connectivity index (χ2n) is 12.0. The Morgan fingerprint density at radius 2 is 1.66 bits per heavy atom. The van der Waals surface area contributed by atoms with E-state index in [-0.39, 0.29) is 12.1 Å². The molecule has 1 unspecified atom stereocenters. The second-order valence-corrected chi connectivity index (χ2v) is 12.0. The smallest absolute Gasteiger partial charge is 0.410 e. The van der Waals surface area contributed by atoms with E-state index >= 15 is 0 Å². The second kappa shape index (κ2) is 12.4. The third-order valence-corrected chi connectivity index (χ3v) is 8.05. The zero-order valence-electron chi connectivity index (χ0n) is 23.7. The molecule has 1 aromatic rings. The Hall–Kier alpha value is -2.80. The fraction of sp³-hybridized carbons (Fsp3) is 0.613. The monoisotopic (exact) mass is 523 g/mol. The fourth-order valence-corrected chi connectivity index (χ4v) is 5.74. The lowest BCUT2D eigenvalue weighted by Gasteiger charge is -2.38. The highest BCUT2D eigenvalue weighted by atomic mass is 16.6. The number of esters is 1. The van der Waals surface area contributed by atoms with E-state index in [4.69, 9.17) is 9.47 Å². The van der Waals surface area contributed by atoms with Gasteiger partial charge in [-0.15, -0.1) is 0 Å². The first-order valence-corrected chi connectivity index (χ1v) is 14.1. The molecule has 3 aliphatic rings. The van der Waals surface area contributed by atoms with Crippen molar-refractivity contribution < 1.29 is 19.1 Å². The number of likely N-dealkylation sites (tertiary alicyclic amines) is 1. The van der Waals surface area contributed by atoms with E-state index in [0.717, 1.165) is 64.2 Å². The van der Waals surface area contributed by atoms with Crippen LogP contribution in [-0.4, -0.2) is 80.4 Å². The van der Waals surface area contributed by atoms with Gasteiger partial charge in [0, 0.05) is 45.0 Å². The van der Waals surface area contributed by atoms with Crippen LogP contribution in [0.1, 0.15) is 52.0 Å². The van der Waals surface area contributed by atoms with Gasteiger partial charge in [0.2, 0.25) is 0 Å². The summed E-state index contributed by atoms with van der Waals surface area (Å²) in [5.74, 6) is 0.508. The van der Waals surface area contributed by atoms with Crippen LogP contribution < -0.4 is 4.90 Å². The Bertz CT molecular complexity index is 997. The molecule has 0 saturated carbocycles. The highest BCUT2D eigenvalue weighted by molar-refractivity contribution is 5.80. The minimum absolute atomic E-state index is 0.174. The molecule has 208 valence electrons. The summed E-state index contributed by atoms with van der Waals surface area (Å²) >= 11 is 0. The van der Waals surface area contributed by atoms with Crippen molar-refractivity contribution >= 4 is 17.7 Å². The summed E-state index contributed by atoms with van der Waals surface area (Å²) < 4.78 is 10.6. The molecule has 1 aromatic carbocycles. The number of methoxy groups -OCH3 is 1. The summed E-state index contributed by atoms with van der Waals surface area (Å²) in [5.41, 5.74) is 1.35. The van der Waals surface area contributed by atoms with Gasteiger partial charge in [0.15, 0.2) is 0 Å². The van der Waals surface area contributed by atoms with E-state index in [1.165, 1.54) is 19.2 Å². The Kier molecular flexibility index (Phi) is 9.19. The lowest BCUT2D eigenvalue weighted by Crippen LogP contribution is -2.47. The molecule has 0 spiro atoms. The maximum absolute atomic E-state index is 12.5. The predicted octanol–water partition coefficient (Wildman–Crippen LogP) is 5.06. The van der Waals surface area contributed by atoms with E-state index in [1.807, 2.05) is 50.0 Å². The van der Waals surface area contributed by atoms with Crippen LogP contribution in [0.25, 0.3) is 0 Å². The van der Waals surface area contributed by atoms with Gasteiger partial charge < -0.3 is 19.3 Å². The Morgan fingerprint density at radius 3 is 2.24 bits per heavy atom. The molecule has 1 aliphatic carbocycles. The van der Waals surface area contributed by atoms with Crippen LogP contribution in [0, 0.1) is 11.3 Å². The average molecular weight is 524 g/mol. The van der Waals surface area contributed by atoms with E-state index in [1.54, 1.807) is 0 Å². The minimum Gasteiger partial charge on any atom is -0.468 e. The van der Waals surface area contributed by atoms with Gasteiger partial charge in [0.1, 0.15) is 5.60 Å². The number of allylic oxidation sites excluding steroid dienone is 3. The van der Waals surface area contributed by atoms with Crippen molar-refractivity contribution in [3.63, 3.8) is 0 Å². The van der Waals surface area contributed by atoms with Crippen LogP contribution in [0.15, 0.2) is 48.6 Å². The van der Waals surface area contributed by atoms with Crippen molar-refractivity contribution in [1.29, 1.82) is 0 Å². The van der Waals surface area contributed by atoms with Gasteiger partial charge in [-0.05, 0) is 83.0 Å². The van der Waals surface area contributed by atoms with Crippen LogP contribution >= 0.6 is 0 Å². The van der Waals surface area contributed by atoms with Crippen molar-refractivity contribution in [2.45, 2.75) is 58.5 Å². The third kappa shape index (κ3) is 7.40. The predicted molar refractivity (Wildman–Crippen MR) is 151 cm³/mol. The lowest BCUT2D eigenvalue weighted by atomic mass is 9.76. The maximum atomic E-state index is 12.5. The number of piperidine rings is 1. The number of piperazine rings is 1. The van der Waals surface area contributed by atoms with E-state index in [2.05, 4.69) is 34.1 Å². The van der Waals surface area contributed by atoms with Gasteiger partial charge in [0.05, 0.1) is 12.5 Å². The number of rotatable bonds is 7. The van der Waals surface area contributed by atoms with Crippen LogP contribution in [0.3, 0.4) is 0 Å². The minimum atomic E-state index is -0.608. The SMILES string of the molecule is COC(=O)C1(Cc2ccc(N3CCN(CCC4CCN(C(=O)OC(C)(C)C)CC4)CC3)cc2)C=CC=CC1. The van der Waals surface area contributed by atoms with Gasteiger partial charge in [0.25, 0.3) is 0 Å². The zero-order chi connectivity index (χ0) is 27.2. The molecule has 0 N–H and O–H groups in total. The molecular weight excluding hydrogens is 478 g/mol. The fourth-order valence-electron chi connectivity index (χ4n) is 5.74. The van der Waals surface area contributed by atoms with Crippen molar-refractivity contribution in [2.75, 3.05) is 57.8 Å². The molecule has 4 rings (SSSR count). The maximum Gasteiger partial charge on any atom is 0.410 e. The first-order valence-electron chi connectivity index (χ1n) is 14.1. The largest absolute Gasteiger partial charge is 0.468 e. The molecule has 0 aromatic heterocycles. The summed E-state index contributed by atoms with van der Waals surface area (Å²) in [6.07, 6.45) is 12.4. The summed E-state index contributed by atoms with van der Waals surface area (Å²) in [7, 11) is 1.47. The molecule has 1 amide bonds.